The quantitative estimate of drug-likeness (QED) is 0.737. The van der Waals surface area contributed by atoms with Gasteiger partial charge in [0, 0.05) is 6.04 Å². The van der Waals surface area contributed by atoms with Gasteiger partial charge in [-0.15, -0.1) is 0 Å². The highest BCUT2D eigenvalue weighted by Gasteiger charge is 2.36. The van der Waals surface area contributed by atoms with Crippen molar-refractivity contribution in [3.05, 3.63) is 0 Å². The minimum Gasteiger partial charge on any atom is -0.327 e. The second-order valence-corrected chi connectivity index (χ2v) is 7.14. The lowest BCUT2D eigenvalue weighted by atomic mass is 9.66. The molecule has 18 heavy (non-hydrogen) atoms. The minimum absolute atomic E-state index is 0.343. The van der Waals surface area contributed by atoms with Crippen LogP contribution in [0.3, 0.4) is 0 Å². The largest absolute Gasteiger partial charge is 0.327 e. The van der Waals surface area contributed by atoms with Crippen molar-refractivity contribution in [2.45, 2.75) is 85.6 Å². The highest BCUT2D eigenvalue weighted by Crippen LogP contribution is 2.41. The van der Waals surface area contributed by atoms with E-state index in [1.165, 1.54) is 44.9 Å². The van der Waals surface area contributed by atoms with Gasteiger partial charge in [-0.05, 0) is 55.3 Å². The molecule has 1 heteroatoms. The van der Waals surface area contributed by atoms with E-state index in [2.05, 4.69) is 34.6 Å². The van der Waals surface area contributed by atoms with Crippen molar-refractivity contribution in [2.24, 2.45) is 28.9 Å². The number of nitrogens with two attached hydrogens (primary N) is 1. The van der Waals surface area contributed by atoms with E-state index in [1.807, 2.05) is 0 Å². The molecule has 2 N–H and O–H groups in total. The molecule has 0 radical (unpaired) electrons. The molecular formula is C17H35N. The van der Waals surface area contributed by atoms with Crippen LogP contribution in [0.25, 0.3) is 0 Å². The SMILES string of the molecule is CCC1CCC(N)C(C)(CC)C(C)CCC(C)C1. The first-order valence-electron chi connectivity index (χ1n) is 8.19. The third kappa shape index (κ3) is 3.73. The zero-order valence-electron chi connectivity index (χ0n) is 13.3. The van der Waals surface area contributed by atoms with Crippen LogP contribution in [0, 0.1) is 23.2 Å². The second-order valence-electron chi connectivity index (χ2n) is 7.14. The number of hydrogen-bond acceptors (Lipinski definition) is 1. The Labute approximate surface area is 115 Å². The molecule has 1 aliphatic carbocycles. The third-order valence-corrected chi connectivity index (χ3v) is 6.03. The van der Waals surface area contributed by atoms with Gasteiger partial charge in [0.15, 0.2) is 0 Å². The summed E-state index contributed by atoms with van der Waals surface area (Å²) in [7, 11) is 0. The molecular weight excluding hydrogens is 218 g/mol. The fourth-order valence-electron chi connectivity index (χ4n) is 3.76. The zero-order valence-corrected chi connectivity index (χ0v) is 13.3. The molecule has 1 saturated carbocycles. The molecule has 0 saturated heterocycles. The first-order chi connectivity index (χ1) is 8.43. The van der Waals surface area contributed by atoms with E-state index in [4.69, 9.17) is 5.73 Å². The third-order valence-electron chi connectivity index (χ3n) is 6.03. The van der Waals surface area contributed by atoms with Gasteiger partial charge >= 0.3 is 0 Å². The molecule has 5 unspecified atom stereocenters. The van der Waals surface area contributed by atoms with Gasteiger partial charge in [0.2, 0.25) is 0 Å². The topological polar surface area (TPSA) is 26.0 Å². The van der Waals surface area contributed by atoms with E-state index in [0.29, 0.717) is 11.5 Å². The zero-order chi connectivity index (χ0) is 13.8. The molecule has 1 aliphatic rings. The smallest absolute Gasteiger partial charge is 0.00954 e. The van der Waals surface area contributed by atoms with Crippen LogP contribution < -0.4 is 5.73 Å². The van der Waals surface area contributed by atoms with E-state index in [0.717, 1.165) is 17.8 Å². The average Bonchev–Trinajstić information content (AvgIpc) is 2.38. The van der Waals surface area contributed by atoms with Crippen LogP contribution in [0.15, 0.2) is 0 Å². The molecule has 108 valence electrons. The average molecular weight is 253 g/mol. The Morgan fingerprint density at radius 1 is 1.06 bits per heavy atom. The van der Waals surface area contributed by atoms with E-state index in [9.17, 15) is 0 Å². The van der Waals surface area contributed by atoms with Crippen molar-refractivity contribution >= 4 is 0 Å². The van der Waals surface area contributed by atoms with Crippen LogP contribution in [0.2, 0.25) is 0 Å². The van der Waals surface area contributed by atoms with Gasteiger partial charge in [-0.2, -0.15) is 0 Å². The lowest BCUT2D eigenvalue weighted by Gasteiger charge is -2.42. The van der Waals surface area contributed by atoms with Crippen molar-refractivity contribution in [3.8, 4) is 0 Å². The Kier molecular flexibility index (Phi) is 6.17. The van der Waals surface area contributed by atoms with Crippen LogP contribution in [-0.4, -0.2) is 6.04 Å². The van der Waals surface area contributed by atoms with Crippen LogP contribution in [0.1, 0.15) is 79.6 Å². The van der Waals surface area contributed by atoms with Crippen LogP contribution in [0.5, 0.6) is 0 Å². The Morgan fingerprint density at radius 3 is 2.28 bits per heavy atom. The maximum atomic E-state index is 6.56. The van der Waals surface area contributed by atoms with Gasteiger partial charge in [-0.1, -0.05) is 47.5 Å². The van der Waals surface area contributed by atoms with E-state index < -0.39 is 0 Å². The van der Waals surface area contributed by atoms with Crippen molar-refractivity contribution in [1.82, 2.24) is 0 Å². The van der Waals surface area contributed by atoms with Gasteiger partial charge in [0.05, 0.1) is 0 Å². The van der Waals surface area contributed by atoms with Crippen LogP contribution in [0.4, 0.5) is 0 Å². The van der Waals surface area contributed by atoms with Crippen molar-refractivity contribution in [1.29, 1.82) is 0 Å². The maximum absolute atomic E-state index is 6.56. The van der Waals surface area contributed by atoms with Crippen LogP contribution >= 0.6 is 0 Å². The molecule has 1 rings (SSSR count). The highest BCUT2D eigenvalue weighted by atomic mass is 14.7. The first-order valence-corrected chi connectivity index (χ1v) is 8.19. The van der Waals surface area contributed by atoms with Gasteiger partial charge in [-0.25, -0.2) is 0 Å². The molecule has 0 amide bonds. The Hall–Kier alpha value is -0.0400. The summed E-state index contributed by atoms with van der Waals surface area (Å²) in [5.41, 5.74) is 6.90. The summed E-state index contributed by atoms with van der Waals surface area (Å²) in [6.07, 6.45) is 9.27. The summed E-state index contributed by atoms with van der Waals surface area (Å²) in [5.74, 6) is 2.56. The molecule has 1 fully saturated rings. The molecule has 0 aliphatic heterocycles. The van der Waals surface area contributed by atoms with Gasteiger partial charge in [0.25, 0.3) is 0 Å². The van der Waals surface area contributed by atoms with Gasteiger partial charge < -0.3 is 5.73 Å². The first kappa shape index (κ1) is 16.0. The van der Waals surface area contributed by atoms with E-state index in [-0.39, 0.29) is 0 Å². The molecule has 0 bridgehead atoms. The summed E-state index contributed by atoms with van der Waals surface area (Å²) in [6.45, 7) is 12.0. The fraction of sp³-hybridized carbons (Fsp3) is 1.00. The Bertz CT molecular complexity index is 238. The summed E-state index contributed by atoms with van der Waals surface area (Å²) in [4.78, 5) is 0. The van der Waals surface area contributed by atoms with Crippen molar-refractivity contribution < 1.29 is 0 Å². The van der Waals surface area contributed by atoms with E-state index in [1.54, 1.807) is 0 Å². The fourth-order valence-corrected chi connectivity index (χ4v) is 3.76. The van der Waals surface area contributed by atoms with Gasteiger partial charge in [0.1, 0.15) is 0 Å². The predicted octanol–water partition coefficient (Wildman–Crippen LogP) is 4.99. The number of rotatable bonds is 2. The monoisotopic (exact) mass is 253 g/mol. The summed E-state index contributed by atoms with van der Waals surface area (Å²) in [5, 5.41) is 0. The highest BCUT2D eigenvalue weighted by molar-refractivity contribution is 4.90. The van der Waals surface area contributed by atoms with Crippen molar-refractivity contribution in [2.75, 3.05) is 0 Å². The minimum atomic E-state index is 0.343. The summed E-state index contributed by atoms with van der Waals surface area (Å²) >= 11 is 0. The maximum Gasteiger partial charge on any atom is 0.00954 e. The molecule has 1 nitrogen and oxygen atoms in total. The normalized spacial score (nSPS) is 43.7. The molecule has 0 spiro atoms. The lowest BCUT2D eigenvalue weighted by molar-refractivity contribution is 0.111. The van der Waals surface area contributed by atoms with Crippen molar-refractivity contribution in [3.63, 3.8) is 0 Å². The Balaban J connectivity index is 2.79. The van der Waals surface area contributed by atoms with Gasteiger partial charge in [-0.3, -0.25) is 0 Å². The summed E-state index contributed by atoms with van der Waals surface area (Å²) < 4.78 is 0. The molecule has 5 atom stereocenters. The van der Waals surface area contributed by atoms with E-state index >= 15 is 0 Å². The second kappa shape index (κ2) is 6.93. The van der Waals surface area contributed by atoms with Crippen LogP contribution in [-0.2, 0) is 0 Å². The summed E-state index contributed by atoms with van der Waals surface area (Å²) in [6, 6.07) is 0.389. The standard InChI is InChI=1S/C17H35N/c1-6-15-10-11-16(18)17(5,7-2)14(4)9-8-13(3)12-15/h13-16H,6-12,18H2,1-5H3. The molecule has 0 aromatic rings. The molecule has 0 aromatic heterocycles. The molecule has 0 heterocycles. The predicted molar refractivity (Wildman–Crippen MR) is 81.6 cm³/mol. The number of hydrogen-bond donors (Lipinski definition) is 1. The lowest BCUT2D eigenvalue weighted by Crippen LogP contribution is -2.44. The molecule has 0 aromatic carbocycles. The Morgan fingerprint density at radius 2 is 1.72 bits per heavy atom.